The van der Waals surface area contributed by atoms with Gasteiger partial charge in [0.05, 0.1) is 0 Å². The Hall–Kier alpha value is -1.82. The summed E-state index contributed by atoms with van der Waals surface area (Å²) in [5.41, 5.74) is -0.194. The number of carbonyl (C=O) groups excluding carboxylic acids is 1. The van der Waals surface area contributed by atoms with Gasteiger partial charge in [0, 0.05) is 9.95 Å². The Kier molecular flexibility index (Phi) is 5.33. The Morgan fingerprint density at radius 3 is 2.55 bits per heavy atom. The third kappa shape index (κ3) is 5.44. The molecule has 1 atom stereocenters. The Labute approximate surface area is 122 Å². The molecule has 0 saturated heterocycles. The van der Waals surface area contributed by atoms with Crippen molar-refractivity contribution < 1.29 is 14.5 Å². The molecule has 1 aromatic rings. The fourth-order valence-electron chi connectivity index (χ4n) is 1.58. The van der Waals surface area contributed by atoms with Gasteiger partial charge < -0.3 is 10.1 Å². The van der Waals surface area contributed by atoms with Crippen molar-refractivity contribution in [1.29, 1.82) is 0 Å². The highest BCUT2D eigenvalue weighted by Crippen LogP contribution is 2.23. The Morgan fingerprint density at radius 2 is 2.05 bits per heavy atom. The lowest BCUT2D eigenvalue weighted by molar-refractivity contribution is -0.484. The lowest BCUT2D eigenvalue weighted by atomic mass is 10.1. The van der Waals surface area contributed by atoms with E-state index in [0.29, 0.717) is 10.6 Å². The van der Waals surface area contributed by atoms with Gasteiger partial charge in [-0.3, -0.25) is 10.1 Å². The Balaban J connectivity index is 2.88. The number of nitrogens with zero attached hydrogens (tertiary/aromatic N) is 1. The number of hydrogen-bond acceptors (Lipinski definition) is 4. The maximum atomic E-state index is 11.7. The second kappa shape index (κ2) is 6.56. The van der Waals surface area contributed by atoms with Crippen LogP contribution in [0.5, 0.6) is 0 Å². The van der Waals surface area contributed by atoms with Crippen LogP contribution in [0, 0.1) is 10.1 Å². The molecular weight excluding hydrogens is 284 g/mol. The van der Waals surface area contributed by atoms with Gasteiger partial charge in [-0.2, -0.15) is 0 Å². The first-order chi connectivity index (χ1) is 9.19. The van der Waals surface area contributed by atoms with Gasteiger partial charge in [-0.05, 0) is 32.4 Å². The van der Waals surface area contributed by atoms with Gasteiger partial charge in [-0.25, -0.2) is 4.79 Å². The van der Waals surface area contributed by atoms with Gasteiger partial charge in [0.25, 0.3) is 0 Å². The van der Waals surface area contributed by atoms with Crippen LogP contribution < -0.4 is 5.32 Å². The zero-order valence-electron chi connectivity index (χ0n) is 11.6. The largest absolute Gasteiger partial charge is 0.444 e. The highest BCUT2D eigenvalue weighted by atomic mass is 35.5. The fourth-order valence-corrected chi connectivity index (χ4v) is 1.85. The van der Waals surface area contributed by atoms with Gasteiger partial charge in [-0.15, -0.1) is 0 Å². The van der Waals surface area contributed by atoms with E-state index in [2.05, 4.69) is 5.32 Å². The minimum Gasteiger partial charge on any atom is -0.444 e. The summed E-state index contributed by atoms with van der Waals surface area (Å²) >= 11 is 6.00. The standard InChI is InChI=1S/C13H17ClN2O4/c1-13(2,3)20-12(17)15-11(8-16(18)19)9-6-4-5-7-10(9)14/h4-7,11H,8H2,1-3H3,(H,15,17). The molecule has 0 heterocycles. The number of amides is 1. The summed E-state index contributed by atoms with van der Waals surface area (Å²) in [4.78, 5) is 22.0. The van der Waals surface area contributed by atoms with Crippen molar-refractivity contribution in [2.45, 2.75) is 32.4 Å². The van der Waals surface area contributed by atoms with Crippen molar-refractivity contribution >= 4 is 17.7 Å². The predicted molar refractivity (Wildman–Crippen MR) is 75.4 cm³/mol. The molecule has 1 aromatic carbocycles. The molecule has 1 unspecified atom stereocenters. The number of halogens is 1. The van der Waals surface area contributed by atoms with Crippen molar-refractivity contribution in [1.82, 2.24) is 5.32 Å². The van der Waals surface area contributed by atoms with Gasteiger partial charge in [0.2, 0.25) is 6.54 Å². The van der Waals surface area contributed by atoms with Crippen LogP contribution in [0.15, 0.2) is 24.3 Å². The summed E-state index contributed by atoms with van der Waals surface area (Å²) in [6.07, 6.45) is -0.718. The summed E-state index contributed by atoms with van der Waals surface area (Å²) in [7, 11) is 0. The van der Waals surface area contributed by atoms with E-state index < -0.39 is 29.2 Å². The molecule has 0 saturated carbocycles. The number of hydrogen-bond donors (Lipinski definition) is 1. The molecule has 0 aromatic heterocycles. The molecule has 6 nitrogen and oxygen atoms in total. The minimum absolute atomic E-state index is 0.357. The van der Waals surface area contributed by atoms with Gasteiger partial charge in [-0.1, -0.05) is 29.8 Å². The lowest BCUT2D eigenvalue weighted by Gasteiger charge is -2.22. The van der Waals surface area contributed by atoms with Crippen LogP contribution in [0.4, 0.5) is 4.79 Å². The van der Waals surface area contributed by atoms with Crippen LogP contribution in [-0.2, 0) is 4.74 Å². The van der Waals surface area contributed by atoms with Crippen LogP contribution in [0.2, 0.25) is 5.02 Å². The number of carbonyl (C=O) groups is 1. The van der Waals surface area contributed by atoms with Crippen molar-refractivity contribution in [2.24, 2.45) is 0 Å². The number of ether oxygens (including phenoxy) is 1. The molecule has 0 bridgehead atoms. The molecule has 0 aliphatic carbocycles. The van der Waals surface area contributed by atoms with E-state index in [1.807, 2.05) is 0 Å². The summed E-state index contributed by atoms with van der Waals surface area (Å²) in [5.74, 6) is 0. The fraction of sp³-hybridized carbons (Fsp3) is 0.462. The van der Waals surface area contributed by atoms with Gasteiger partial charge in [0.15, 0.2) is 0 Å². The minimum atomic E-state index is -0.839. The highest BCUT2D eigenvalue weighted by Gasteiger charge is 2.25. The molecule has 1 rings (SSSR count). The summed E-state index contributed by atoms with van der Waals surface area (Å²) in [6, 6.07) is 5.82. The number of nitrogens with one attached hydrogen (secondary N) is 1. The summed E-state index contributed by atoms with van der Waals surface area (Å²) in [5, 5.41) is 13.6. The molecule has 20 heavy (non-hydrogen) atoms. The van der Waals surface area contributed by atoms with E-state index in [1.165, 1.54) is 0 Å². The highest BCUT2D eigenvalue weighted by molar-refractivity contribution is 6.31. The molecule has 1 N–H and O–H groups in total. The first kappa shape index (κ1) is 16.2. The quantitative estimate of drug-likeness (QED) is 0.684. The van der Waals surface area contributed by atoms with Crippen molar-refractivity contribution in [3.63, 3.8) is 0 Å². The van der Waals surface area contributed by atoms with E-state index in [0.717, 1.165) is 0 Å². The van der Waals surface area contributed by atoms with Crippen molar-refractivity contribution in [3.8, 4) is 0 Å². The van der Waals surface area contributed by atoms with Crippen LogP contribution in [0.1, 0.15) is 32.4 Å². The molecule has 0 fully saturated rings. The van der Waals surface area contributed by atoms with E-state index in [9.17, 15) is 14.9 Å². The average molecular weight is 301 g/mol. The Morgan fingerprint density at radius 1 is 1.45 bits per heavy atom. The molecule has 0 radical (unpaired) electrons. The number of rotatable bonds is 4. The molecule has 110 valence electrons. The summed E-state index contributed by atoms with van der Waals surface area (Å²) < 4.78 is 5.10. The maximum absolute atomic E-state index is 11.7. The first-order valence-electron chi connectivity index (χ1n) is 6.05. The zero-order chi connectivity index (χ0) is 15.3. The first-order valence-corrected chi connectivity index (χ1v) is 6.42. The van der Waals surface area contributed by atoms with E-state index in [1.54, 1.807) is 45.0 Å². The zero-order valence-corrected chi connectivity index (χ0v) is 12.3. The second-order valence-corrected chi connectivity index (χ2v) is 5.64. The average Bonchev–Trinajstić information content (AvgIpc) is 2.25. The van der Waals surface area contributed by atoms with Crippen LogP contribution in [0.3, 0.4) is 0 Å². The molecule has 7 heteroatoms. The van der Waals surface area contributed by atoms with Crippen molar-refractivity contribution in [3.05, 3.63) is 45.0 Å². The molecule has 1 amide bonds. The topological polar surface area (TPSA) is 81.5 Å². The van der Waals surface area contributed by atoms with Crippen molar-refractivity contribution in [2.75, 3.05) is 6.54 Å². The molecule has 0 spiro atoms. The number of benzene rings is 1. The smallest absolute Gasteiger partial charge is 0.408 e. The van der Waals surface area contributed by atoms with Gasteiger partial charge in [0.1, 0.15) is 11.6 Å². The molecule has 0 aliphatic heterocycles. The summed E-state index contributed by atoms with van der Waals surface area (Å²) in [6.45, 7) is 4.67. The SMILES string of the molecule is CC(C)(C)OC(=O)NC(C[N+](=O)[O-])c1ccccc1Cl. The van der Waals surface area contributed by atoms with E-state index in [-0.39, 0.29) is 0 Å². The Bertz CT molecular complexity index is 499. The number of nitro groups is 1. The second-order valence-electron chi connectivity index (χ2n) is 5.24. The van der Waals surface area contributed by atoms with Gasteiger partial charge >= 0.3 is 6.09 Å². The van der Waals surface area contributed by atoms with Crippen LogP contribution >= 0.6 is 11.6 Å². The van der Waals surface area contributed by atoms with E-state index >= 15 is 0 Å². The third-order valence-corrected chi connectivity index (χ3v) is 2.65. The maximum Gasteiger partial charge on any atom is 0.408 e. The predicted octanol–water partition coefficient (Wildman–Crippen LogP) is 3.18. The van der Waals surface area contributed by atoms with Crippen LogP contribution in [0.25, 0.3) is 0 Å². The van der Waals surface area contributed by atoms with Crippen LogP contribution in [-0.4, -0.2) is 23.2 Å². The normalized spacial score (nSPS) is 12.6. The monoisotopic (exact) mass is 300 g/mol. The third-order valence-electron chi connectivity index (χ3n) is 2.30. The lowest BCUT2D eigenvalue weighted by Crippen LogP contribution is -2.37. The molecular formula is C13H17ClN2O4. The number of alkyl carbamates (subject to hydrolysis) is 1. The molecule has 0 aliphatic rings. The van der Waals surface area contributed by atoms with E-state index in [4.69, 9.17) is 16.3 Å².